The van der Waals surface area contributed by atoms with Gasteiger partial charge in [-0.1, -0.05) is 36.1 Å². The molecule has 40 heavy (non-hydrogen) atoms. The van der Waals surface area contributed by atoms with E-state index in [1.165, 1.54) is 17.6 Å². The van der Waals surface area contributed by atoms with Crippen LogP contribution in [0.1, 0.15) is 24.5 Å². The highest BCUT2D eigenvalue weighted by Gasteiger charge is 2.45. The molecule has 206 valence electrons. The minimum Gasteiger partial charge on any atom is -0.315 e. The molecule has 1 amide bonds. The minimum absolute atomic E-state index is 0.0140. The maximum absolute atomic E-state index is 12.8. The Bertz CT molecular complexity index is 1760. The van der Waals surface area contributed by atoms with E-state index in [4.69, 9.17) is 0 Å². The zero-order valence-corrected chi connectivity index (χ0v) is 23.5. The molecule has 4 rings (SSSR count). The molecule has 0 aliphatic carbocycles. The highest BCUT2D eigenvalue weighted by Crippen LogP contribution is 2.24. The van der Waals surface area contributed by atoms with Gasteiger partial charge in [-0.25, -0.2) is 13.5 Å². The molecule has 2 aromatic carbocycles. The van der Waals surface area contributed by atoms with E-state index in [2.05, 4.69) is 16.9 Å². The van der Waals surface area contributed by atoms with Gasteiger partial charge in [0.15, 0.2) is 14.6 Å². The monoisotopic (exact) mass is 558 g/mol. The van der Waals surface area contributed by atoms with Gasteiger partial charge in [-0.05, 0) is 66.4 Å². The van der Waals surface area contributed by atoms with Gasteiger partial charge in [-0.15, -0.1) is 0 Å². The molecule has 10 heteroatoms. The molecule has 0 fully saturated rings. The third-order valence-corrected chi connectivity index (χ3v) is 8.98. The molecule has 0 aliphatic heterocycles. The first-order chi connectivity index (χ1) is 18.9. The summed E-state index contributed by atoms with van der Waals surface area (Å²) in [7, 11) is -0.889. The third-order valence-electron chi connectivity index (χ3n) is 6.96. The van der Waals surface area contributed by atoms with Crippen molar-refractivity contribution in [3.8, 4) is 34.2 Å². The van der Waals surface area contributed by atoms with Gasteiger partial charge in [-0.2, -0.15) is 5.10 Å². The van der Waals surface area contributed by atoms with Gasteiger partial charge in [-0.3, -0.25) is 19.5 Å². The number of carbonyl (C=O) groups excluding carboxylic acids is 1. The maximum atomic E-state index is 12.8. The Balaban J connectivity index is 1.45. The molecule has 9 nitrogen and oxygen atoms in total. The van der Waals surface area contributed by atoms with E-state index in [1.54, 1.807) is 18.5 Å². The Hall–Kier alpha value is -4.46. The zero-order valence-electron chi connectivity index (χ0n) is 22.7. The van der Waals surface area contributed by atoms with Gasteiger partial charge >= 0.3 is 0 Å². The molecule has 4 aromatic rings. The Morgan fingerprint density at radius 3 is 2.02 bits per heavy atom. The van der Waals surface area contributed by atoms with Crippen LogP contribution in [0.3, 0.4) is 0 Å². The fourth-order valence-electron chi connectivity index (χ4n) is 4.27. The number of benzene rings is 2. The number of hydroxylamine groups is 2. The summed E-state index contributed by atoms with van der Waals surface area (Å²) in [6.07, 6.45) is 4.09. The Labute approximate surface area is 233 Å². The van der Waals surface area contributed by atoms with Gasteiger partial charge in [0.2, 0.25) is 0 Å². The molecule has 0 aliphatic rings. The summed E-state index contributed by atoms with van der Waals surface area (Å²) < 4.78 is 25.9. The van der Waals surface area contributed by atoms with Gasteiger partial charge in [0.1, 0.15) is 0 Å². The van der Waals surface area contributed by atoms with Crippen molar-refractivity contribution in [1.82, 2.24) is 19.4 Å². The van der Waals surface area contributed by atoms with Crippen LogP contribution < -0.4 is 5.56 Å². The summed E-state index contributed by atoms with van der Waals surface area (Å²) in [4.78, 5) is 25.1. The molecular formula is C30H30N4O5S. The average Bonchev–Trinajstić information content (AvgIpc) is 3.36. The first-order valence-electron chi connectivity index (χ1n) is 12.5. The summed E-state index contributed by atoms with van der Waals surface area (Å²) in [6.45, 7) is 1.23. The highest BCUT2D eigenvalue weighted by atomic mass is 32.2. The van der Waals surface area contributed by atoms with E-state index in [0.29, 0.717) is 5.56 Å². The molecule has 0 saturated carbocycles. The standard InChI is InChI=1S/C30H30N4O5S/c1-30(40(4,38)39,29(36)33(3)37)17-20-34-19-16-26(21-28(34)35)24-11-7-22(8-12-24)5-6-23-9-13-25(14-10-23)27-15-18-31-32(27)2/h7-16,18-19,21,37H,17,20H2,1-4H3. The largest absolute Gasteiger partial charge is 0.315 e. The van der Waals surface area contributed by atoms with Crippen molar-refractivity contribution in [1.29, 1.82) is 0 Å². The van der Waals surface area contributed by atoms with Crippen LogP contribution >= 0.6 is 0 Å². The molecule has 0 bridgehead atoms. The number of sulfone groups is 1. The zero-order chi connectivity index (χ0) is 29.1. The second kappa shape index (κ2) is 11.3. The molecule has 1 unspecified atom stereocenters. The third kappa shape index (κ3) is 6.06. The number of aryl methyl sites for hydroxylation is 2. The van der Waals surface area contributed by atoms with Gasteiger partial charge in [0, 0.05) is 56.5 Å². The van der Waals surface area contributed by atoms with Crippen LogP contribution in [0, 0.1) is 11.8 Å². The number of rotatable bonds is 7. The summed E-state index contributed by atoms with van der Waals surface area (Å²) in [5, 5.41) is 14.0. The smallest absolute Gasteiger partial charge is 0.266 e. The average molecular weight is 559 g/mol. The molecular weight excluding hydrogens is 528 g/mol. The lowest BCUT2D eigenvalue weighted by Crippen LogP contribution is -2.50. The molecule has 1 N–H and O–H groups in total. The maximum Gasteiger partial charge on any atom is 0.266 e. The molecule has 2 heterocycles. The fourth-order valence-corrected chi connectivity index (χ4v) is 5.18. The SMILES string of the molecule is CN(O)C(=O)C(C)(CCn1ccc(-c2ccc(C#Cc3ccc(-c4ccnn4C)cc3)cc2)cc1=O)S(C)(=O)=O. The topological polar surface area (TPSA) is 114 Å². The lowest BCUT2D eigenvalue weighted by atomic mass is 10.0. The normalized spacial score (nSPS) is 12.7. The predicted molar refractivity (Wildman–Crippen MR) is 153 cm³/mol. The number of carbonyl (C=O) groups is 1. The van der Waals surface area contributed by atoms with E-state index in [-0.39, 0.29) is 23.6 Å². The number of nitrogens with zero attached hydrogens (tertiary/aromatic N) is 4. The van der Waals surface area contributed by atoms with Gasteiger partial charge in [0.25, 0.3) is 11.5 Å². The predicted octanol–water partition coefficient (Wildman–Crippen LogP) is 3.36. The van der Waals surface area contributed by atoms with Crippen molar-refractivity contribution >= 4 is 15.7 Å². The quantitative estimate of drug-likeness (QED) is 0.211. The lowest BCUT2D eigenvalue weighted by Gasteiger charge is -2.28. The van der Waals surface area contributed by atoms with E-state index in [9.17, 15) is 23.2 Å². The van der Waals surface area contributed by atoms with Crippen molar-refractivity contribution in [3.05, 3.63) is 101 Å². The van der Waals surface area contributed by atoms with Crippen LogP contribution in [0.25, 0.3) is 22.4 Å². The molecule has 0 saturated heterocycles. The van der Waals surface area contributed by atoms with Gasteiger partial charge < -0.3 is 4.57 Å². The molecule has 0 radical (unpaired) electrons. The van der Waals surface area contributed by atoms with Crippen molar-refractivity contribution in [2.24, 2.45) is 7.05 Å². The number of hydrogen-bond acceptors (Lipinski definition) is 6. The van der Waals surface area contributed by atoms with Crippen LogP contribution in [0.5, 0.6) is 0 Å². The van der Waals surface area contributed by atoms with Crippen LogP contribution in [0.2, 0.25) is 0 Å². The molecule has 2 aromatic heterocycles. The van der Waals surface area contributed by atoms with E-state index in [1.807, 2.05) is 66.3 Å². The van der Waals surface area contributed by atoms with E-state index >= 15 is 0 Å². The first kappa shape index (κ1) is 28.5. The lowest BCUT2D eigenvalue weighted by molar-refractivity contribution is -0.162. The number of pyridine rings is 1. The summed E-state index contributed by atoms with van der Waals surface area (Å²) in [5.74, 6) is 5.36. The fraction of sp³-hybridized carbons (Fsp3) is 0.233. The van der Waals surface area contributed by atoms with E-state index in [0.717, 1.165) is 41.3 Å². The van der Waals surface area contributed by atoms with Crippen LogP contribution in [0.15, 0.2) is 83.9 Å². The van der Waals surface area contributed by atoms with E-state index < -0.39 is 20.5 Å². The van der Waals surface area contributed by atoms with Gasteiger partial charge in [0.05, 0.1) is 5.69 Å². The van der Waals surface area contributed by atoms with Crippen molar-refractivity contribution in [2.45, 2.75) is 24.6 Å². The van der Waals surface area contributed by atoms with Crippen molar-refractivity contribution < 1.29 is 18.4 Å². The second-order valence-electron chi connectivity index (χ2n) is 9.77. The Kier molecular flexibility index (Phi) is 8.09. The second-order valence-corrected chi connectivity index (χ2v) is 12.2. The van der Waals surface area contributed by atoms with Crippen LogP contribution in [-0.4, -0.2) is 57.0 Å². The highest BCUT2D eigenvalue weighted by molar-refractivity contribution is 7.92. The first-order valence-corrected chi connectivity index (χ1v) is 14.4. The molecule has 1 atom stereocenters. The number of amides is 1. The minimum atomic E-state index is -3.86. The Morgan fingerprint density at radius 1 is 0.975 bits per heavy atom. The summed E-state index contributed by atoms with van der Waals surface area (Å²) >= 11 is 0. The van der Waals surface area contributed by atoms with Crippen LogP contribution in [-0.2, 0) is 28.2 Å². The van der Waals surface area contributed by atoms with Crippen LogP contribution in [0.4, 0.5) is 0 Å². The van der Waals surface area contributed by atoms with Crippen molar-refractivity contribution in [3.63, 3.8) is 0 Å². The summed E-state index contributed by atoms with van der Waals surface area (Å²) in [5.41, 5.74) is 4.99. The molecule has 0 spiro atoms. The summed E-state index contributed by atoms with van der Waals surface area (Å²) in [6, 6.07) is 20.7. The number of hydrogen-bond donors (Lipinski definition) is 1. The Morgan fingerprint density at radius 2 is 1.55 bits per heavy atom. The number of aromatic nitrogens is 3. The van der Waals surface area contributed by atoms with Crippen molar-refractivity contribution in [2.75, 3.05) is 13.3 Å².